The highest BCUT2D eigenvalue weighted by atomic mass is 16.4. The van der Waals surface area contributed by atoms with Crippen LogP contribution in [0.2, 0.25) is 0 Å². The molecule has 106 valence electrons. The molecule has 1 aliphatic heterocycles. The van der Waals surface area contributed by atoms with Gasteiger partial charge in [0.15, 0.2) is 5.84 Å². The van der Waals surface area contributed by atoms with Gasteiger partial charge in [-0.1, -0.05) is 12.1 Å². The van der Waals surface area contributed by atoms with E-state index in [1.54, 1.807) is 4.68 Å². The van der Waals surface area contributed by atoms with Crippen molar-refractivity contribution >= 4 is 11.7 Å². The lowest BCUT2D eigenvalue weighted by Gasteiger charge is -2.28. The maximum atomic E-state index is 9.57. The minimum absolute atomic E-state index is 0.0417. The second-order valence-corrected chi connectivity index (χ2v) is 5.10. The lowest BCUT2D eigenvalue weighted by molar-refractivity contribution is 0.244. The minimum atomic E-state index is 0.0417. The van der Waals surface area contributed by atoms with E-state index in [2.05, 4.69) is 22.1 Å². The van der Waals surface area contributed by atoms with E-state index < -0.39 is 0 Å². The molecule has 1 fully saturated rings. The van der Waals surface area contributed by atoms with E-state index in [-0.39, 0.29) is 18.5 Å². The molecule has 7 heteroatoms. The number of aromatic nitrogens is 2. The number of anilines is 1. The van der Waals surface area contributed by atoms with Gasteiger partial charge in [-0.25, -0.2) is 0 Å². The monoisotopic (exact) mass is 267 g/mol. The fraction of sp³-hybridized carbons (Fsp3) is 0.667. The van der Waals surface area contributed by atoms with Gasteiger partial charge in [-0.05, 0) is 19.3 Å². The predicted molar refractivity (Wildman–Crippen MR) is 72.5 cm³/mol. The van der Waals surface area contributed by atoms with Gasteiger partial charge in [0.05, 0.1) is 23.9 Å². The molecule has 1 aromatic rings. The van der Waals surface area contributed by atoms with Crippen LogP contribution in [0.5, 0.6) is 0 Å². The molecule has 0 aliphatic carbocycles. The third-order valence-corrected chi connectivity index (χ3v) is 3.90. The maximum absolute atomic E-state index is 9.57. The van der Waals surface area contributed by atoms with Crippen molar-refractivity contribution in [3.8, 4) is 0 Å². The molecule has 1 aromatic heterocycles. The summed E-state index contributed by atoms with van der Waals surface area (Å²) in [5.41, 5.74) is 7.10. The molecule has 19 heavy (non-hydrogen) atoms. The largest absolute Gasteiger partial charge is 0.409 e. The molecule has 0 radical (unpaired) electrons. The van der Waals surface area contributed by atoms with E-state index in [1.165, 1.54) is 0 Å². The molecule has 4 N–H and O–H groups in total. The zero-order chi connectivity index (χ0) is 14.2. The van der Waals surface area contributed by atoms with Crippen molar-refractivity contribution in [3.63, 3.8) is 0 Å². The Labute approximate surface area is 112 Å². The number of hydrogen-bond acceptors (Lipinski definition) is 5. The topological polar surface area (TPSA) is 99.9 Å². The van der Waals surface area contributed by atoms with Crippen molar-refractivity contribution < 1.29 is 10.3 Å². The Morgan fingerprint density at radius 1 is 1.58 bits per heavy atom. The molecule has 1 saturated heterocycles. The average molecular weight is 267 g/mol. The van der Waals surface area contributed by atoms with Gasteiger partial charge >= 0.3 is 0 Å². The summed E-state index contributed by atoms with van der Waals surface area (Å²) < 4.78 is 1.73. The molecule has 2 heterocycles. The first-order valence-corrected chi connectivity index (χ1v) is 6.40. The van der Waals surface area contributed by atoms with Gasteiger partial charge in [-0.2, -0.15) is 5.10 Å². The first kappa shape index (κ1) is 13.7. The number of rotatable bonds is 3. The Hall–Kier alpha value is -1.76. The second-order valence-electron chi connectivity index (χ2n) is 5.10. The van der Waals surface area contributed by atoms with Crippen molar-refractivity contribution in [2.75, 3.05) is 18.1 Å². The SMILES string of the molecule is Cc1nn(C)c(N2CCC(C)C2CO)c1C(N)=NO. The zero-order valence-electron chi connectivity index (χ0n) is 11.5. The number of aliphatic hydroxyl groups is 1. The number of aliphatic hydroxyl groups excluding tert-OH is 1. The summed E-state index contributed by atoms with van der Waals surface area (Å²) in [6.07, 6.45) is 1.01. The number of nitrogens with two attached hydrogens (primary N) is 1. The fourth-order valence-corrected chi connectivity index (χ4v) is 2.87. The number of aryl methyl sites for hydroxylation is 2. The van der Waals surface area contributed by atoms with Crippen LogP contribution in [0.3, 0.4) is 0 Å². The van der Waals surface area contributed by atoms with Crippen molar-refractivity contribution in [1.29, 1.82) is 0 Å². The smallest absolute Gasteiger partial charge is 0.175 e. The Balaban J connectivity index is 2.50. The van der Waals surface area contributed by atoms with E-state index in [9.17, 15) is 5.11 Å². The molecule has 7 nitrogen and oxygen atoms in total. The lowest BCUT2D eigenvalue weighted by Crippen LogP contribution is -2.37. The zero-order valence-corrected chi connectivity index (χ0v) is 11.5. The van der Waals surface area contributed by atoms with Gasteiger partial charge in [-0.15, -0.1) is 0 Å². The van der Waals surface area contributed by atoms with Gasteiger partial charge in [0.2, 0.25) is 0 Å². The van der Waals surface area contributed by atoms with Crippen molar-refractivity contribution in [1.82, 2.24) is 9.78 Å². The number of hydrogen-bond donors (Lipinski definition) is 3. The van der Waals surface area contributed by atoms with Crippen LogP contribution in [0.25, 0.3) is 0 Å². The molecule has 2 rings (SSSR count). The Morgan fingerprint density at radius 3 is 2.84 bits per heavy atom. The summed E-state index contributed by atoms with van der Waals surface area (Å²) in [6, 6.07) is 0.0417. The fourth-order valence-electron chi connectivity index (χ4n) is 2.87. The highest BCUT2D eigenvalue weighted by molar-refractivity contribution is 6.02. The summed E-state index contributed by atoms with van der Waals surface area (Å²) in [5.74, 6) is 1.26. The molecule has 0 spiro atoms. The minimum Gasteiger partial charge on any atom is -0.409 e. The number of oxime groups is 1. The Morgan fingerprint density at radius 2 is 2.26 bits per heavy atom. The third kappa shape index (κ3) is 2.14. The van der Waals surface area contributed by atoms with Gasteiger partial charge in [0.25, 0.3) is 0 Å². The van der Waals surface area contributed by atoms with E-state index in [0.29, 0.717) is 17.2 Å². The van der Waals surface area contributed by atoms with Crippen molar-refractivity contribution in [3.05, 3.63) is 11.3 Å². The maximum Gasteiger partial charge on any atom is 0.175 e. The molecule has 2 unspecified atom stereocenters. The van der Waals surface area contributed by atoms with Crippen molar-refractivity contribution in [2.24, 2.45) is 23.9 Å². The highest BCUT2D eigenvalue weighted by Crippen LogP contribution is 2.32. The molecular weight excluding hydrogens is 246 g/mol. The summed E-state index contributed by atoms with van der Waals surface area (Å²) in [5, 5.41) is 25.9. The van der Waals surface area contributed by atoms with E-state index in [4.69, 9.17) is 10.9 Å². The normalized spacial score (nSPS) is 24.2. The van der Waals surface area contributed by atoms with Crippen LogP contribution in [0.4, 0.5) is 5.82 Å². The van der Waals surface area contributed by atoms with Crippen LogP contribution in [-0.4, -0.2) is 45.1 Å². The molecule has 0 saturated carbocycles. The average Bonchev–Trinajstić information content (AvgIpc) is 2.88. The van der Waals surface area contributed by atoms with Crippen LogP contribution < -0.4 is 10.6 Å². The van der Waals surface area contributed by atoms with Crippen LogP contribution in [0, 0.1) is 12.8 Å². The summed E-state index contributed by atoms with van der Waals surface area (Å²) in [4.78, 5) is 2.10. The molecule has 1 aliphatic rings. The van der Waals surface area contributed by atoms with Gasteiger partial charge in [0, 0.05) is 13.6 Å². The van der Waals surface area contributed by atoms with E-state index in [0.717, 1.165) is 18.8 Å². The third-order valence-electron chi connectivity index (χ3n) is 3.90. The predicted octanol–water partition coefficient (Wildman–Crippen LogP) is 0.0301. The lowest BCUT2D eigenvalue weighted by atomic mass is 10.0. The first-order valence-electron chi connectivity index (χ1n) is 6.40. The number of nitrogens with zero attached hydrogens (tertiary/aromatic N) is 4. The Bertz CT molecular complexity index is 497. The van der Waals surface area contributed by atoms with Crippen LogP contribution >= 0.6 is 0 Å². The van der Waals surface area contributed by atoms with Gasteiger partial charge < -0.3 is 20.9 Å². The molecule has 0 amide bonds. The summed E-state index contributed by atoms with van der Waals surface area (Å²) >= 11 is 0. The molecule has 0 bridgehead atoms. The summed E-state index contributed by atoms with van der Waals surface area (Å²) in [7, 11) is 1.83. The molecule has 2 atom stereocenters. The summed E-state index contributed by atoms with van der Waals surface area (Å²) in [6.45, 7) is 4.86. The first-order chi connectivity index (χ1) is 9.01. The Kier molecular flexibility index (Phi) is 3.66. The van der Waals surface area contributed by atoms with Crippen LogP contribution in [0.1, 0.15) is 24.6 Å². The molecule has 0 aromatic carbocycles. The van der Waals surface area contributed by atoms with Crippen molar-refractivity contribution in [2.45, 2.75) is 26.3 Å². The highest BCUT2D eigenvalue weighted by Gasteiger charge is 2.35. The number of amidine groups is 1. The van der Waals surface area contributed by atoms with Gasteiger partial charge in [0.1, 0.15) is 5.82 Å². The van der Waals surface area contributed by atoms with E-state index >= 15 is 0 Å². The quantitative estimate of drug-likeness (QED) is 0.310. The second kappa shape index (κ2) is 5.08. The van der Waals surface area contributed by atoms with Crippen LogP contribution in [0.15, 0.2) is 5.16 Å². The standard InChI is InChI=1S/C12H21N5O2/c1-7-4-5-17(9(7)6-18)12-10(11(13)15-19)8(2)14-16(12)3/h7,9,18-19H,4-6H2,1-3H3,(H2,13,15). The van der Waals surface area contributed by atoms with E-state index in [1.807, 2.05) is 14.0 Å². The molecular formula is C12H21N5O2. The van der Waals surface area contributed by atoms with Crippen LogP contribution in [-0.2, 0) is 7.05 Å². The van der Waals surface area contributed by atoms with Gasteiger partial charge in [-0.3, -0.25) is 4.68 Å².